The van der Waals surface area contributed by atoms with Gasteiger partial charge in [0.15, 0.2) is 0 Å². The van der Waals surface area contributed by atoms with Crippen LogP contribution in [-0.2, 0) is 12.7 Å². The molecule has 10 heteroatoms. The fourth-order valence-electron chi connectivity index (χ4n) is 3.19. The molecule has 2 aromatic heterocycles. The molecule has 0 atom stereocenters. The first kappa shape index (κ1) is 22.2. The number of rotatable bonds is 6. The molecular formula is C23H18F3N5O2. The minimum Gasteiger partial charge on any atom is -0.439 e. The zero-order valence-corrected chi connectivity index (χ0v) is 17.3. The van der Waals surface area contributed by atoms with Crippen molar-refractivity contribution in [3.8, 4) is 11.6 Å². The monoisotopic (exact) mass is 453 g/mol. The fourth-order valence-corrected chi connectivity index (χ4v) is 3.19. The largest absolute Gasteiger partial charge is 0.439 e. The van der Waals surface area contributed by atoms with E-state index in [2.05, 4.69) is 25.6 Å². The Balaban J connectivity index is 1.57. The fraction of sp³-hybridized carbons (Fsp3) is 0.130. The average molecular weight is 453 g/mol. The van der Waals surface area contributed by atoms with Crippen LogP contribution in [-0.4, -0.2) is 27.9 Å². The first-order valence-electron chi connectivity index (χ1n) is 9.84. The standard InChI is InChI=1S/C23H18F3N5O2/c1-27-12-16-10-21(30-13-29-16)33-17-5-6-18-19(7-8-28-20(18)11-17)22(32)31-15-4-2-3-14(9-15)23(24,25)26/h2-11,13,27H,12H2,1H3,(H,31,32). The molecule has 0 aliphatic carbocycles. The highest BCUT2D eigenvalue weighted by Gasteiger charge is 2.30. The van der Waals surface area contributed by atoms with E-state index in [9.17, 15) is 18.0 Å². The number of anilines is 1. The third-order valence-corrected chi connectivity index (χ3v) is 4.69. The van der Waals surface area contributed by atoms with Gasteiger partial charge in [-0.15, -0.1) is 0 Å². The quantitative estimate of drug-likeness (QED) is 0.436. The number of pyridine rings is 1. The molecule has 0 bridgehead atoms. The van der Waals surface area contributed by atoms with E-state index in [1.54, 1.807) is 31.3 Å². The summed E-state index contributed by atoms with van der Waals surface area (Å²) < 4.78 is 44.6. The van der Waals surface area contributed by atoms with Gasteiger partial charge >= 0.3 is 6.18 Å². The zero-order chi connectivity index (χ0) is 23.4. The van der Waals surface area contributed by atoms with E-state index in [1.165, 1.54) is 30.7 Å². The Labute approximate surface area is 186 Å². The van der Waals surface area contributed by atoms with Crippen LogP contribution < -0.4 is 15.4 Å². The van der Waals surface area contributed by atoms with Crippen LogP contribution in [0.1, 0.15) is 21.6 Å². The van der Waals surface area contributed by atoms with Crippen LogP contribution >= 0.6 is 0 Å². The second-order valence-electron chi connectivity index (χ2n) is 7.05. The lowest BCUT2D eigenvalue weighted by Gasteiger charge is -2.11. The maximum atomic E-state index is 12.9. The number of aromatic nitrogens is 3. The molecule has 0 saturated heterocycles. The van der Waals surface area contributed by atoms with E-state index in [0.29, 0.717) is 29.1 Å². The zero-order valence-electron chi connectivity index (χ0n) is 17.3. The summed E-state index contributed by atoms with van der Waals surface area (Å²) in [6.45, 7) is 0.558. The number of benzene rings is 2. The van der Waals surface area contributed by atoms with E-state index in [1.807, 2.05) is 0 Å². The lowest BCUT2D eigenvalue weighted by Crippen LogP contribution is -2.13. The van der Waals surface area contributed by atoms with E-state index in [0.717, 1.165) is 17.8 Å². The summed E-state index contributed by atoms with van der Waals surface area (Å²) >= 11 is 0. The first-order valence-corrected chi connectivity index (χ1v) is 9.84. The number of nitrogens with one attached hydrogen (secondary N) is 2. The molecule has 0 fully saturated rings. The van der Waals surface area contributed by atoms with E-state index >= 15 is 0 Å². The number of halogens is 3. The van der Waals surface area contributed by atoms with Gasteiger partial charge in [0.2, 0.25) is 5.88 Å². The van der Waals surface area contributed by atoms with Crippen LogP contribution in [0.3, 0.4) is 0 Å². The van der Waals surface area contributed by atoms with E-state index < -0.39 is 17.6 Å². The Hall–Kier alpha value is -4.05. The Kier molecular flexibility index (Phi) is 6.18. The third kappa shape index (κ3) is 5.24. The van der Waals surface area contributed by atoms with Crippen molar-refractivity contribution in [2.24, 2.45) is 0 Å². The molecule has 0 aliphatic rings. The van der Waals surface area contributed by atoms with Crippen LogP contribution in [0.15, 0.2) is 67.1 Å². The number of nitrogens with zero attached hydrogens (tertiary/aromatic N) is 3. The summed E-state index contributed by atoms with van der Waals surface area (Å²) in [5, 5.41) is 6.03. The maximum Gasteiger partial charge on any atom is 0.416 e. The van der Waals surface area contributed by atoms with Gasteiger partial charge < -0.3 is 15.4 Å². The highest BCUT2D eigenvalue weighted by atomic mass is 19.4. The highest BCUT2D eigenvalue weighted by Crippen LogP contribution is 2.31. The number of fused-ring (bicyclic) bond motifs is 1. The number of carbonyl (C=O) groups is 1. The highest BCUT2D eigenvalue weighted by molar-refractivity contribution is 6.12. The molecule has 4 rings (SSSR count). The summed E-state index contributed by atoms with van der Waals surface area (Å²) in [6.07, 6.45) is -1.65. The predicted octanol–water partition coefficient (Wildman–Crippen LogP) is 4.81. The Morgan fingerprint density at radius 2 is 1.88 bits per heavy atom. The van der Waals surface area contributed by atoms with Crippen molar-refractivity contribution in [3.05, 3.63) is 83.9 Å². The molecule has 2 N–H and O–H groups in total. The molecule has 0 radical (unpaired) electrons. The van der Waals surface area contributed by atoms with Crippen molar-refractivity contribution >= 4 is 22.5 Å². The van der Waals surface area contributed by atoms with Crippen molar-refractivity contribution in [1.82, 2.24) is 20.3 Å². The first-order chi connectivity index (χ1) is 15.8. The second-order valence-corrected chi connectivity index (χ2v) is 7.05. The molecule has 0 saturated carbocycles. The maximum absolute atomic E-state index is 12.9. The van der Waals surface area contributed by atoms with Gasteiger partial charge in [0.25, 0.3) is 5.91 Å². The number of ether oxygens (including phenoxy) is 1. The number of alkyl halides is 3. The molecule has 0 aliphatic heterocycles. The lowest BCUT2D eigenvalue weighted by molar-refractivity contribution is -0.137. The second kappa shape index (κ2) is 9.21. The van der Waals surface area contributed by atoms with Crippen molar-refractivity contribution in [2.75, 3.05) is 12.4 Å². The Morgan fingerprint density at radius 1 is 1.03 bits per heavy atom. The number of amides is 1. The molecule has 1 amide bonds. The van der Waals surface area contributed by atoms with Gasteiger partial charge in [0.1, 0.15) is 12.1 Å². The van der Waals surface area contributed by atoms with Crippen molar-refractivity contribution in [3.63, 3.8) is 0 Å². The molecule has 0 unspecified atom stereocenters. The SMILES string of the molecule is CNCc1cc(Oc2ccc3c(C(=O)Nc4cccc(C(F)(F)F)c4)ccnc3c2)ncn1. The molecule has 7 nitrogen and oxygen atoms in total. The van der Waals surface area contributed by atoms with Gasteiger partial charge in [-0.2, -0.15) is 13.2 Å². The molecule has 2 aromatic carbocycles. The Bertz CT molecular complexity index is 1310. The van der Waals surface area contributed by atoms with Crippen molar-refractivity contribution < 1.29 is 22.7 Å². The smallest absolute Gasteiger partial charge is 0.416 e. The van der Waals surface area contributed by atoms with Gasteiger partial charge in [-0.1, -0.05) is 6.07 Å². The van der Waals surface area contributed by atoms with Gasteiger partial charge in [-0.05, 0) is 43.4 Å². The van der Waals surface area contributed by atoms with Gasteiger partial charge in [-0.25, -0.2) is 9.97 Å². The number of hydrogen-bond acceptors (Lipinski definition) is 6. The van der Waals surface area contributed by atoms with Crippen molar-refractivity contribution in [1.29, 1.82) is 0 Å². The van der Waals surface area contributed by atoms with Gasteiger partial charge in [-0.3, -0.25) is 9.78 Å². The van der Waals surface area contributed by atoms with E-state index in [-0.39, 0.29) is 11.3 Å². The summed E-state index contributed by atoms with van der Waals surface area (Å²) in [7, 11) is 1.80. The number of hydrogen-bond donors (Lipinski definition) is 2. The molecule has 2 heterocycles. The molecule has 168 valence electrons. The van der Waals surface area contributed by atoms with Crippen LogP contribution in [0, 0.1) is 0 Å². The topological polar surface area (TPSA) is 89.0 Å². The minimum absolute atomic E-state index is 0.0425. The van der Waals surface area contributed by atoms with Crippen LogP contribution in [0.25, 0.3) is 10.9 Å². The normalized spacial score (nSPS) is 11.4. The Morgan fingerprint density at radius 3 is 2.67 bits per heavy atom. The minimum atomic E-state index is -4.50. The summed E-state index contributed by atoms with van der Waals surface area (Å²) in [5.41, 5.74) is 0.705. The van der Waals surface area contributed by atoms with Crippen LogP contribution in [0.2, 0.25) is 0 Å². The van der Waals surface area contributed by atoms with Crippen LogP contribution in [0.5, 0.6) is 11.6 Å². The molecular weight excluding hydrogens is 435 g/mol. The van der Waals surface area contributed by atoms with Crippen molar-refractivity contribution in [2.45, 2.75) is 12.7 Å². The summed E-state index contributed by atoms with van der Waals surface area (Å²) in [6, 6.07) is 12.6. The van der Waals surface area contributed by atoms with Crippen LogP contribution in [0.4, 0.5) is 18.9 Å². The van der Waals surface area contributed by atoms with Gasteiger partial charge in [0, 0.05) is 35.9 Å². The summed E-state index contributed by atoms with van der Waals surface area (Å²) in [5.74, 6) is 0.260. The number of carbonyl (C=O) groups excluding carboxylic acids is 1. The van der Waals surface area contributed by atoms with Gasteiger partial charge in [0.05, 0.1) is 22.3 Å². The average Bonchev–Trinajstić information content (AvgIpc) is 2.78. The predicted molar refractivity (Wildman–Crippen MR) is 116 cm³/mol. The summed E-state index contributed by atoms with van der Waals surface area (Å²) in [4.78, 5) is 25.3. The molecule has 0 spiro atoms. The molecule has 4 aromatic rings. The lowest BCUT2D eigenvalue weighted by atomic mass is 10.1. The van der Waals surface area contributed by atoms with E-state index in [4.69, 9.17) is 4.74 Å². The third-order valence-electron chi connectivity index (χ3n) is 4.69. The molecule has 33 heavy (non-hydrogen) atoms.